The smallest absolute Gasteiger partial charge is 0.125 e. The molecule has 0 spiro atoms. The predicted molar refractivity (Wildman–Crippen MR) is 104 cm³/mol. The van der Waals surface area contributed by atoms with Crippen LogP contribution in [-0.2, 0) is 13.0 Å². The third-order valence-corrected chi connectivity index (χ3v) is 5.20. The number of aromatic amines is 1. The van der Waals surface area contributed by atoms with Crippen molar-refractivity contribution < 1.29 is 0 Å². The number of rotatable bonds is 2. The van der Waals surface area contributed by atoms with Crippen molar-refractivity contribution in [3.63, 3.8) is 0 Å². The predicted octanol–water partition coefficient (Wildman–Crippen LogP) is 3.36. The first-order chi connectivity index (χ1) is 13.3. The van der Waals surface area contributed by atoms with Gasteiger partial charge in [-0.15, -0.1) is 0 Å². The van der Waals surface area contributed by atoms with Crippen LogP contribution in [0.2, 0.25) is 0 Å². The van der Waals surface area contributed by atoms with Gasteiger partial charge in [-0.25, -0.2) is 9.97 Å². The van der Waals surface area contributed by atoms with Gasteiger partial charge in [-0.05, 0) is 35.4 Å². The molecule has 3 heterocycles. The summed E-state index contributed by atoms with van der Waals surface area (Å²) in [5, 5.41) is 8.99. The molecule has 0 bridgehead atoms. The van der Waals surface area contributed by atoms with E-state index >= 15 is 0 Å². The van der Waals surface area contributed by atoms with Crippen LogP contribution in [0.25, 0.3) is 22.2 Å². The maximum atomic E-state index is 8.99. The number of anilines is 1. The standard InChI is InChI=1S/C21H18N6/c22-12-15-1-3-16(4-2-15)17-5-6-18-19(11-17)27-10-9-26(8-7-20(27)25-18)21-13-23-14-24-21/h1-6,11,13-14H,7-10H2,(H,23,24). The van der Waals surface area contributed by atoms with E-state index in [0.717, 1.165) is 54.3 Å². The largest absolute Gasteiger partial charge is 0.355 e. The zero-order valence-electron chi connectivity index (χ0n) is 14.8. The minimum atomic E-state index is 0.678. The normalized spacial score (nSPS) is 14.0. The maximum Gasteiger partial charge on any atom is 0.125 e. The number of nitrogens with one attached hydrogen (secondary N) is 1. The molecule has 1 aliphatic heterocycles. The third-order valence-electron chi connectivity index (χ3n) is 5.20. The van der Waals surface area contributed by atoms with Crippen molar-refractivity contribution in [3.05, 3.63) is 66.4 Å². The molecule has 6 nitrogen and oxygen atoms in total. The summed E-state index contributed by atoms with van der Waals surface area (Å²) in [6.45, 7) is 2.73. The second-order valence-corrected chi connectivity index (χ2v) is 6.75. The first-order valence-corrected chi connectivity index (χ1v) is 9.05. The van der Waals surface area contributed by atoms with Crippen molar-refractivity contribution in [2.45, 2.75) is 13.0 Å². The third kappa shape index (κ3) is 2.74. The Hall–Kier alpha value is -3.59. The van der Waals surface area contributed by atoms with Gasteiger partial charge >= 0.3 is 0 Å². The second-order valence-electron chi connectivity index (χ2n) is 6.75. The van der Waals surface area contributed by atoms with Crippen LogP contribution in [0.5, 0.6) is 0 Å². The lowest BCUT2D eigenvalue weighted by atomic mass is 10.0. The van der Waals surface area contributed by atoms with Gasteiger partial charge < -0.3 is 14.5 Å². The summed E-state index contributed by atoms with van der Waals surface area (Å²) < 4.78 is 2.33. The summed E-state index contributed by atoms with van der Waals surface area (Å²) in [5.41, 5.74) is 5.14. The molecule has 2 aromatic heterocycles. The fourth-order valence-corrected chi connectivity index (χ4v) is 3.76. The number of fused-ring (bicyclic) bond motifs is 3. The number of nitriles is 1. The van der Waals surface area contributed by atoms with Crippen molar-refractivity contribution in [2.75, 3.05) is 18.0 Å². The molecule has 0 radical (unpaired) electrons. The van der Waals surface area contributed by atoms with E-state index in [1.165, 1.54) is 5.52 Å². The van der Waals surface area contributed by atoms with Gasteiger partial charge in [0.05, 0.1) is 35.2 Å². The molecule has 0 fully saturated rings. The lowest BCUT2D eigenvalue weighted by Gasteiger charge is -2.19. The topological polar surface area (TPSA) is 73.5 Å². The summed E-state index contributed by atoms with van der Waals surface area (Å²) in [5.74, 6) is 2.19. The van der Waals surface area contributed by atoms with Crippen LogP contribution >= 0.6 is 0 Å². The number of nitrogens with zero attached hydrogens (tertiary/aromatic N) is 5. The molecule has 2 aromatic carbocycles. The highest BCUT2D eigenvalue weighted by atomic mass is 15.2. The van der Waals surface area contributed by atoms with Gasteiger partial charge in [0.2, 0.25) is 0 Å². The number of aromatic nitrogens is 4. The molecule has 27 heavy (non-hydrogen) atoms. The molecule has 4 aromatic rings. The summed E-state index contributed by atoms with van der Waals surface area (Å²) in [7, 11) is 0. The lowest BCUT2D eigenvalue weighted by molar-refractivity contribution is 0.703. The molecule has 6 heteroatoms. The SMILES string of the molecule is N#Cc1ccc(-c2ccc3nc4n(c3c2)CCN(c2cnc[nH]2)CC4)cc1. The highest BCUT2D eigenvalue weighted by molar-refractivity contribution is 5.83. The Kier molecular flexibility index (Phi) is 3.65. The van der Waals surface area contributed by atoms with Crippen LogP contribution in [0.1, 0.15) is 11.4 Å². The van der Waals surface area contributed by atoms with Crippen molar-refractivity contribution in [2.24, 2.45) is 0 Å². The second kappa shape index (κ2) is 6.29. The molecule has 0 saturated heterocycles. The summed E-state index contributed by atoms with van der Waals surface area (Å²) in [4.78, 5) is 14.5. The highest BCUT2D eigenvalue weighted by Gasteiger charge is 2.19. The first kappa shape index (κ1) is 15.6. The van der Waals surface area contributed by atoms with Gasteiger partial charge in [0.15, 0.2) is 0 Å². The van der Waals surface area contributed by atoms with E-state index in [9.17, 15) is 0 Å². The monoisotopic (exact) mass is 354 g/mol. The molecule has 1 aliphatic rings. The zero-order chi connectivity index (χ0) is 18.2. The average Bonchev–Trinajstić information content (AvgIpc) is 3.31. The Labute approximate surface area is 156 Å². The number of hydrogen-bond acceptors (Lipinski definition) is 4. The van der Waals surface area contributed by atoms with Crippen LogP contribution < -0.4 is 4.90 Å². The minimum Gasteiger partial charge on any atom is -0.355 e. The average molecular weight is 354 g/mol. The van der Waals surface area contributed by atoms with Gasteiger partial charge in [0, 0.05) is 26.1 Å². The number of H-pyrrole nitrogens is 1. The van der Waals surface area contributed by atoms with E-state index in [-0.39, 0.29) is 0 Å². The Bertz CT molecular complexity index is 1130. The van der Waals surface area contributed by atoms with Crippen LogP contribution in [0.15, 0.2) is 55.0 Å². The van der Waals surface area contributed by atoms with Gasteiger partial charge in [-0.3, -0.25) is 0 Å². The van der Waals surface area contributed by atoms with Crippen molar-refractivity contribution in [1.29, 1.82) is 5.26 Å². The van der Waals surface area contributed by atoms with Crippen molar-refractivity contribution in [1.82, 2.24) is 19.5 Å². The van der Waals surface area contributed by atoms with Gasteiger partial charge in [0.1, 0.15) is 11.6 Å². The molecule has 0 amide bonds. The van der Waals surface area contributed by atoms with E-state index in [0.29, 0.717) is 5.56 Å². The van der Waals surface area contributed by atoms with E-state index in [4.69, 9.17) is 10.2 Å². The minimum absolute atomic E-state index is 0.678. The summed E-state index contributed by atoms with van der Waals surface area (Å²) in [6, 6.07) is 16.3. The van der Waals surface area contributed by atoms with Crippen LogP contribution in [0.4, 0.5) is 5.82 Å². The summed E-state index contributed by atoms with van der Waals surface area (Å²) >= 11 is 0. The van der Waals surface area contributed by atoms with Gasteiger partial charge in [0.25, 0.3) is 0 Å². The van der Waals surface area contributed by atoms with E-state index in [1.807, 2.05) is 30.5 Å². The van der Waals surface area contributed by atoms with E-state index < -0.39 is 0 Å². The highest BCUT2D eigenvalue weighted by Crippen LogP contribution is 2.27. The van der Waals surface area contributed by atoms with Gasteiger partial charge in [-0.2, -0.15) is 5.26 Å². The van der Waals surface area contributed by atoms with Crippen LogP contribution in [0.3, 0.4) is 0 Å². The summed E-state index contributed by atoms with van der Waals surface area (Å²) in [6.07, 6.45) is 4.49. The van der Waals surface area contributed by atoms with E-state index in [1.54, 1.807) is 6.33 Å². The Balaban J connectivity index is 1.50. The van der Waals surface area contributed by atoms with Crippen molar-refractivity contribution in [3.8, 4) is 17.2 Å². The molecule has 0 saturated carbocycles. The number of imidazole rings is 2. The van der Waals surface area contributed by atoms with Gasteiger partial charge in [-0.1, -0.05) is 18.2 Å². The fourth-order valence-electron chi connectivity index (χ4n) is 3.76. The molecule has 1 N–H and O–H groups in total. The fraction of sp³-hybridized carbons (Fsp3) is 0.190. The number of hydrogen-bond donors (Lipinski definition) is 1. The quantitative estimate of drug-likeness (QED) is 0.599. The Morgan fingerprint density at radius 3 is 2.63 bits per heavy atom. The lowest BCUT2D eigenvalue weighted by Crippen LogP contribution is -2.26. The molecule has 0 atom stereocenters. The van der Waals surface area contributed by atoms with Crippen LogP contribution in [0, 0.1) is 11.3 Å². The molecular weight excluding hydrogens is 336 g/mol. The first-order valence-electron chi connectivity index (χ1n) is 9.05. The molecular formula is C21H18N6. The molecule has 0 aliphatic carbocycles. The Morgan fingerprint density at radius 1 is 1.00 bits per heavy atom. The zero-order valence-corrected chi connectivity index (χ0v) is 14.8. The molecule has 0 unspecified atom stereocenters. The van der Waals surface area contributed by atoms with Crippen molar-refractivity contribution >= 4 is 16.9 Å². The Morgan fingerprint density at radius 2 is 1.85 bits per heavy atom. The maximum absolute atomic E-state index is 8.99. The molecule has 5 rings (SSSR count). The van der Waals surface area contributed by atoms with E-state index in [2.05, 4.69) is 43.7 Å². The molecule has 132 valence electrons. The number of benzene rings is 2. The van der Waals surface area contributed by atoms with Crippen LogP contribution in [-0.4, -0.2) is 32.6 Å².